The SMILES string of the molecule is C1=N[C]2CCCC1C2. The van der Waals surface area contributed by atoms with Crippen molar-refractivity contribution >= 4 is 6.21 Å². The first-order valence-corrected chi connectivity index (χ1v) is 3.34. The summed E-state index contributed by atoms with van der Waals surface area (Å²) in [5.74, 6) is 0.832. The van der Waals surface area contributed by atoms with E-state index in [0.29, 0.717) is 0 Å². The Morgan fingerprint density at radius 1 is 1.62 bits per heavy atom. The summed E-state index contributed by atoms with van der Waals surface area (Å²) in [6.45, 7) is 0. The summed E-state index contributed by atoms with van der Waals surface area (Å²) in [5, 5.41) is 0. The molecule has 2 rings (SSSR count). The van der Waals surface area contributed by atoms with Crippen LogP contribution in [0.4, 0.5) is 0 Å². The summed E-state index contributed by atoms with van der Waals surface area (Å²) in [5.41, 5.74) is 0. The molecule has 0 spiro atoms. The molecule has 8 heavy (non-hydrogen) atoms. The van der Waals surface area contributed by atoms with Gasteiger partial charge in [0.25, 0.3) is 0 Å². The van der Waals surface area contributed by atoms with Crippen molar-refractivity contribution < 1.29 is 0 Å². The van der Waals surface area contributed by atoms with Crippen molar-refractivity contribution in [3.8, 4) is 0 Å². The second-order valence-corrected chi connectivity index (χ2v) is 2.70. The molecule has 2 bridgehead atoms. The standard InChI is InChI=1S/C7H10N/c1-2-6-4-7(3-1)8-5-6/h5-6H,1-4H2. The van der Waals surface area contributed by atoms with Crippen LogP contribution in [0.2, 0.25) is 0 Å². The van der Waals surface area contributed by atoms with E-state index in [1.807, 2.05) is 0 Å². The molecule has 1 fully saturated rings. The molecule has 1 heterocycles. The van der Waals surface area contributed by atoms with E-state index in [2.05, 4.69) is 11.2 Å². The molecule has 0 saturated heterocycles. The predicted molar refractivity (Wildman–Crippen MR) is 33.7 cm³/mol. The number of hydrogen-bond donors (Lipinski definition) is 0. The lowest BCUT2D eigenvalue weighted by molar-refractivity contribution is 0.499. The van der Waals surface area contributed by atoms with E-state index in [4.69, 9.17) is 0 Å². The van der Waals surface area contributed by atoms with E-state index in [9.17, 15) is 0 Å². The molecule has 0 aromatic heterocycles. The molecule has 0 N–H and O–H groups in total. The lowest BCUT2D eigenvalue weighted by atomic mass is 9.90. The fourth-order valence-electron chi connectivity index (χ4n) is 1.53. The van der Waals surface area contributed by atoms with Gasteiger partial charge in [0.1, 0.15) is 0 Å². The third-order valence-corrected chi connectivity index (χ3v) is 2.01. The van der Waals surface area contributed by atoms with Crippen LogP contribution in [0.3, 0.4) is 0 Å². The molecule has 1 aliphatic heterocycles. The van der Waals surface area contributed by atoms with Gasteiger partial charge in [-0.25, -0.2) is 0 Å². The Balaban J connectivity index is 2.13. The zero-order valence-electron chi connectivity index (χ0n) is 4.93. The number of nitrogens with zero attached hydrogens (tertiary/aromatic N) is 1. The second kappa shape index (κ2) is 1.57. The molecule has 1 nitrogen and oxygen atoms in total. The quantitative estimate of drug-likeness (QED) is 0.448. The van der Waals surface area contributed by atoms with Gasteiger partial charge in [-0.05, 0) is 25.2 Å². The maximum atomic E-state index is 4.29. The maximum Gasteiger partial charge on any atom is 0.0860 e. The highest BCUT2D eigenvalue weighted by Gasteiger charge is 2.24. The van der Waals surface area contributed by atoms with Crippen molar-refractivity contribution in [3.05, 3.63) is 6.04 Å². The van der Waals surface area contributed by atoms with Crippen LogP contribution >= 0.6 is 0 Å². The average Bonchev–Trinajstić information content (AvgIpc) is 2.12. The molecular weight excluding hydrogens is 98.1 g/mol. The van der Waals surface area contributed by atoms with Gasteiger partial charge in [-0.15, -0.1) is 0 Å². The molecule has 1 heteroatoms. The molecule has 1 unspecified atom stereocenters. The lowest BCUT2D eigenvalue weighted by Gasteiger charge is -2.14. The topological polar surface area (TPSA) is 12.4 Å². The van der Waals surface area contributed by atoms with Gasteiger partial charge >= 0.3 is 0 Å². The molecule has 0 amide bonds. The summed E-state index contributed by atoms with van der Waals surface area (Å²) >= 11 is 0. The normalized spacial score (nSPS) is 36.2. The first-order chi connectivity index (χ1) is 3.95. The van der Waals surface area contributed by atoms with E-state index in [1.54, 1.807) is 0 Å². The van der Waals surface area contributed by atoms with Gasteiger partial charge in [-0.2, -0.15) is 0 Å². The number of hydrogen-bond acceptors (Lipinski definition) is 1. The fourth-order valence-corrected chi connectivity index (χ4v) is 1.53. The third kappa shape index (κ3) is 0.575. The molecule has 1 saturated carbocycles. The smallest absolute Gasteiger partial charge is 0.0860 e. The van der Waals surface area contributed by atoms with Crippen molar-refractivity contribution in [3.63, 3.8) is 0 Å². The molecule has 1 radical (unpaired) electrons. The molecule has 43 valence electrons. The van der Waals surface area contributed by atoms with Gasteiger partial charge in [0, 0.05) is 6.21 Å². The summed E-state index contributed by atoms with van der Waals surface area (Å²) in [6, 6.07) is 1.45. The minimum Gasteiger partial charge on any atom is -0.288 e. The fraction of sp³-hybridized carbons (Fsp3) is 0.714. The van der Waals surface area contributed by atoms with Gasteiger partial charge in [-0.3, -0.25) is 4.99 Å². The Morgan fingerprint density at radius 3 is 3.38 bits per heavy atom. The largest absolute Gasteiger partial charge is 0.288 e. The summed E-state index contributed by atoms with van der Waals surface area (Å²) in [7, 11) is 0. The Morgan fingerprint density at radius 2 is 2.62 bits per heavy atom. The van der Waals surface area contributed by atoms with Crippen LogP contribution < -0.4 is 0 Å². The van der Waals surface area contributed by atoms with Crippen LogP contribution in [-0.4, -0.2) is 6.21 Å². The van der Waals surface area contributed by atoms with Crippen LogP contribution in [0.15, 0.2) is 4.99 Å². The van der Waals surface area contributed by atoms with E-state index in [0.717, 1.165) is 5.92 Å². The Labute approximate surface area is 49.8 Å². The van der Waals surface area contributed by atoms with Gasteiger partial charge in [0.05, 0.1) is 6.04 Å². The molecule has 2 aliphatic rings. The van der Waals surface area contributed by atoms with Crippen LogP contribution in [0.5, 0.6) is 0 Å². The Hall–Kier alpha value is -0.330. The first-order valence-electron chi connectivity index (χ1n) is 3.34. The monoisotopic (exact) mass is 108 g/mol. The van der Waals surface area contributed by atoms with Crippen molar-refractivity contribution in [2.75, 3.05) is 0 Å². The number of fused-ring (bicyclic) bond motifs is 2. The van der Waals surface area contributed by atoms with Crippen molar-refractivity contribution in [1.82, 2.24) is 0 Å². The van der Waals surface area contributed by atoms with E-state index in [-0.39, 0.29) is 0 Å². The molecule has 1 atom stereocenters. The van der Waals surface area contributed by atoms with Gasteiger partial charge in [-0.1, -0.05) is 6.42 Å². The van der Waals surface area contributed by atoms with Crippen molar-refractivity contribution in [2.24, 2.45) is 10.9 Å². The highest BCUT2D eigenvalue weighted by atomic mass is 14.8. The lowest BCUT2D eigenvalue weighted by Crippen LogP contribution is -2.04. The van der Waals surface area contributed by atoms with Gasteiger partial charge in [0.15, 0.2) is 0 Å². The Bertz CT molecular complexity index is 106. The number of rotatable bonds is 0. The average molecular weight is 108 g/mol. The van der Waals surface area contributed by atoms with Crippen LogP contribution in [-0.2, 0) is 0 Å². The summed E-state index contributed by atoms with van der Waals surface area (Å²) < 4.78 is 0. The van der Waals surface area contributed by atoms with E-state index >= 15 is 0 Å². The zero-order chi connectivity index (χ0) is 5.40. The van der Waals surface area contributed by atoms with Crippen LogP contribution in [0.25, 0.3) is 0 Å². The molecule has 1 aliphatic carbocycles. The van der Waals surface area contributed by atoms with E-state index < -0.39 is 0 Å². The Kier molecular flexibility index (Phi) is 0.893. The van der Waals surface area contributed by atoms with E-state index in [1.165, 1.54) is 31.7 Å². The minimum atomic E-state index is 0.832. The van der Waals surface area contributed by atoms with Crippen molar-refractivity contribution in [2.45, 2.75) is 25.7 Å². The molecule has 0 aromatic rings. The zero-order valence-corrected chi connectivity index (χ0v) is 4.93. The van der Waals surface area contributed by atoms with Crippen LogP contribution in [0, 0.1) is 12.0 Å². The molecule has 0 aromatic carbocycles. The first kappa shape index (κ1) is 4.54. The highest BCUT2D eigenvalue weighted by Crippen LogP contribution is 2.34. The van der Waals surface area contributed by atoms with Gasteiger partial charge in [0.2, 0.25) is 0 Å². The van der Waals surface area contributed by atoms with Crippen LogP contribution in [0.1, 0.15) is 25.7 Å². The summed E-state index contributed by atoms with van der Waals surface area (Å²) in [4.78, 5) is 4.29. The molecular formula is C7H10N. The van der Waals surface area contributed by atoms with Gasteiger partial charge < -0.3 is 0 Å². The second-order valence-electron chi connectivity index (χ2n) is 2.70. The minimum absolute atomic E-state index is 0.832. The third-order valence-electron chi connectivity index (χ3n) is 2.01. The van der Waals surface area contributed by atoms with Crippen molar-refractivity contribution in [1.29, 1.82) is 0 Å². The predicted octanol–water partition coefficient (Wildman–Crippen LogP) is 1.79. The number of aliphatic imine (C=N–C) groups is 1. The summed E-state index contributed by atoms with van der Waals surface area (Å²) in [6.07, 6.45) is 7.43. The maximum absolute atomic E-state index is 4.29. The highest BCUT2D eigenvalue weighted by molar-refractivity contribution is 5.65.